The Hall–Kier alpha value is -7.26. The van der Waals surface area contributed by atoms with E-state index in [-0.39, 0.29) is 5.57 Å². The lowest BCUT2D eigenvalue weighted by molar-refractivity contribution is -0.132. The Morgan fingerprint density at radius 2 is 0.782 bits per heavy atom. The summed E-state index contributed by atoms with van der Waals surface area (Å²) in [7, 11) is 0. The van der Waals surface area contributed by atoms with E-state index in [0.717, 1.165) is 49.8 Å². The Morgan fingerprint density at radius 1 is 0.455 bits per heavy atom. The Labute approximate surface area is 324 Å². The summed E-state index contributed by atoms with van der Waals surface area (Å²) in [6, 6.07) is 69.5. The van der Waals surface area contributed by atoms with Crippen molar-refractivity contribution in [1.82, 2.24) is 0 Å². The number of carboxylic acid groups (broad SMARTS) is 1. The third-order valence-corrected chi connectivity index (χ3v) is 10.7. The highest BCUT2D eigenvalue weighted by molar-refractivity contribution is 7.16. The quantitative estimate of drug-likeness (QED) is 0.113. The molecular weight excluding hydrogens is 693 g/mol. The molecule has 0 atom stereocenters. The summed E-state index contributed by atoms with van der Waals surface area (Å²) >= 11 is 1.45. The maximum absolute atomic E-state index is 11.4. The molecule has 0 bridgehead atoms. The van der Waals surface area contributed by atoms with Crippen LogP contribution >= 0.6 is 11.3 Å². The molecule has 262 valence electrons. The van der Waals surface area contributed by atoms with Crippen LogP contribution in [0.4, 0.5) is 17.1 Å². The van der Waals surface area contributed by atoms with E-state index in [2.05, 4.69) is 175 Å². The van der Waals surface area contributed by atoms with Crippen molar-refractivity contribution in [3.8, 4) is 61.0 Å². The highest BCUT2D eigenvalue weighted by atomic mass is 32.1. The Bertz CT molecular complexity index is 2490. The molecule has 0 unspecified atom stereocenters. The summed E-state index contributed by atoms with van der Waals surface area (Å²) in [5, 5.41) is 18.5. The lowest BCUT2D eigenvalue weighted by Crippen LogP contribution is -2.09. The van der Waals surface area contributed by atoms with E-state index >= 15 is 0 Å². The topological polar surface area (TPSA) is 64.3 Å². The van der Waals surface area contributed by atoms with Crippen molar-refractivity contribution in [3.05, 3.63) is 205 Å². The molecule has 7 aromatic carbocycles. The first-order valence-corrected chi connectivity index (χ1v) is 18.7. The van der Waals surface area contributed by atoms with Crippen LogP contribution in [0.15, 0.2) is 200 Å². The van der Waals surface area contributed by atoms with Gasteiger partial charge >= 0.3 is 5.97 Å². The third kappa shape index (κ3) is 7.77. The highest BCUT2D eigenvalue weighted by Crippen LogP contribution is 2.39. The van der Waals surface area contributed by atoms with Gasteiger partial charge in [-0.1, -0.05) is 146 Å². The highest BCUT2D eigenvalue weighted by Gasteiger charge is 2.15. The van der Waals surface area contributed by atoms with E-state index < -0.39 is 5.97 Å². The molecule has 0 aliphatic carbocycles. The number of carbonyl (C=O) groups is 1. The van der Waals surface area contributed by atoms with Crippen LogP contribution in [-0.4, -0.2) is 11.1 Å². The smallest absolute Gasteiger partial charge is 0.346 e. The van der Waals surface area contributed by atoms with Crippen LogP contribution in [0.3, 0.4) is 0 Å². The van der Waals surface area contributed by atoms with Crippen molar-refractivity contribution in [2.24, 2.45) is 0 Å². The van der Waals surface area contributed by atoms with E-state index in [1.165, 1.54) is 39.7 Å². The van der Waals surface area contributed by atoms with Crippen LogP contribution < -0.4 is 4.90 Å². The third-order valence-electron chi connectivity index (χ3n) is 9.58. The summed E-state index contributed by atoms with van der Waals surface area (Å²) in [6.07, 6.45) is 1.41. The largest absolute Gasteiger partial charge is 0.477 e. The predicted octanol–water partition coefficient (Wildman–Crippen LogP) is 13.5. The molecule has 1 heterocycles. The first kappa shape index (κ1) is 34.8. The van der Waals surface area contributed by atoms with Gasteiger partial charge in [0.2, 0.25) is 0 Å². The second-order valence-corrected chi connectivity index (χ2v) is 14.2. The SMILES string of the molecule is N#C/C(=C\c1ccc(-c2ccc(N(c3ccc(-c4ccc(-c5ccccc5)cc4)cc3)c3ccc(-c4ccc(-c5ccccc5)cc4)cc3)cc2)s1)C(=O)O. The van der Waals surface area contributed by atoms with Crippen LogP contribution in [-0.2, 0) is 4.79 Å². The van der Waals surface area contributed by atoms with Crippen molar-refractivity contribution < 1.29 is 9.90 Å². The van der Waals surface area contributed by atoms with E-state index in [9.17, 15) is 15.2 Å². The molecule has 0 spiro atoms. The standard InChI is InChI=1S/C50H34N2O2S/c51-34-44(50(53)54)33-48-31-32-49(55-48)43-23-29-47(30-24-43)52(45-25-19-41(20-26-45)39-15-11-37(12-16-39)35-7-3-1-4-8-35)46-27-21-42(22-28-46)40-17-13-38(14-18-40)36-9-5-2-6-10-36/h1-33H,(H,53,54)/b44-33+. The molecule has 0 radical (unpaired) electrons. The van der Waals surface area contributed by atoms with Gasteiger partial charge in [-0.3, -0.25) is 0 Å². The lowest BCUT2D eigenvalue weighted by atomic mass is 9.99. The zero-order valence-electron chi connectivity index (χ0n) is 29.7. The normalized spacial score (nSPS) is 11.1. The van der Waals surface area contributed by atoms with Crippen molar-refractivity contribution in [3.63, 3.8) is 0 Å². The summed E-state index contributed by atoms with van der Waals surface area (Å²) in [6.45, 7) is 0. The number of benzene rings is 7. The number of aliphatic carboxylic acids is 1. The zero-order chi connectivity index (χ0) is 37.6. The van der Waals surface area contributed by atoms with Crippen molar-refractivity contribution in [1.29, 1.82) is 5.26 Å². The molecule has 0 fully saturated rings. The molecule has 1 N–H and O–H groups in total. The molecular formula is C50H34N2O2S. The van der Waals surface area contributed by atoms with Crippen molar-refractivity contribution in [2.45, 2.75) is 0 Å². The number of hydrogen-bond acceptors (Lipinski definition) is 4. The molecule has 0 aliphatic rings. The minimum absolute atomic E-state index is 0.287. The Kier molecular flexibility index (Phi) is 9.98. The van der Waals surface area contributed by atoms with Gasteiger partial charge in [-0.2, -0.15) is 5.26 Å². The summed E-state index contributed by atoms with van der Waals surface area (Å²) < 4.78 is 0. The monoisotopic (exact) mass is 726 g/mol. The first-order chi connectivity index (χ1) is 27.0. The van der Waals surface area contributed by atoms with Gasteiger partial charge in [0.25, 0.3) is 0 Å². The molecule has 5 heteroatoms. The van der Waals surface area contributed by atoms with E-state index in [0.29, 0.717) is 4.88 Å². The Morgan fingerprint density at radius 3 is 1.13 bits per heavy atom. The minimum atomic E-state index is -1.23. The number of carboxylic acids is 1. The van der Waals surface area contributed by atoms with Gasteiger partial charge in [-0.15, -0.1) is 11.3 Å². The number of anilines is 3. The summed E-state index contributed by atoms with van der Waals surface area (Å²) in [5.74, 6) is -1.23. The minimum Gasteiger partial charge on any atom is -0.477 e. The van der Waals surface area contributed by atoms with Crippen LogP contribution in [0, 0.1) is 11.3 Å². The van der Waals surface area contributed by atoms with Crippen molar-refractivity contribution in [2.75, 3.05) is 4.90 Å². The first-order valence-electron chi connectivity index (χ1n) is 17.9. The number of hydrogen-bond donors (Lipinski definition) is 1. The van der Waals surface area contributed by atoms with Crippen LogP contribution in [0.2, 0.25) is 0 Å². The van der Waals surface area contributed by atoms with Gasteiger partial charge in [-0.05, 0) is 105 Å². The maximum Gasteiger partial charge on any atom is 0.346 e. The summed E-state index contributed by atoms with van der Waals surface area (Å²) in [5.41, 5.74) is 13.1. The average molecular weight is 727 g/mol. The fourth-order valence-corrected chi connectivity index (χ4v) is 7.63. The van der Waals surface area contributed by atoms with E-state index in [4.69, 9.17) is 0 Å². The number of nitrogens with zero attached hydrogens (tertiary/aromatic N) is 2. The fourth-order valence-electron chi connectivity index (χ4n) is 6.67. The van der Waals surface area contributed by atoms with Crippen LogP contribution in [0.1, 0.15) is 4.88 Å². The maximum atomic E-state index is 11.4. The molecule has 1 aromatic heterocycles. The summed E-state index contributed by atoms with van der Waals surface area (Å²) in [4.78, 5) is 15.3. The number of rotatable bonds is 10. The predicted molar refractivity (Wildman–Crippen MR) is 227 cm³/mol. The fraction of sp³-hybridized carbons (Fsp3) is 0. The van der Waals surface area contributed by atoms with Crippen LogP contribution in [0.5, 0.6) is 0 Å². The van der Waals surface area contributed by atoms with Gasteiger partial charge in [0.1, 0.15) is 11.6 Å². The molecule has 4 nitrogen and oxygen atoms in total. The van der Waals surface area contributed by atoms with Crippen LogP contribution in [0.25, 0.3) is 61.0 Å². The van der Waals surface area contributed by atoms with E-state index in [1.54, 1.807) is 6.07 Å². The molecule has 8 aromatic rings. The zero-order valence-corrected chi connectivity index (χ0v) is 30.5. The van der Waals surface area contributed by atoms with Gasteiger partial charge < -0.3 is 10.0 Å². The molecule has 8 rings (SSSR count). The Balaban J connectivity index is 1.10. The number of nitriles is 1. The second kappa shape index (κ2) is 15.8. The van der Waals surface area contributed by atoms with Crippen molar-refractivity contribution >= 4 is 40.4 Å². The molecule has 0 aliphatic heterocycles. The van der Waals surface area contributed by atoms with E-state index in [1.807, 2.05) is 24.3 Å². The molecule has 55 heavy (non-hydrogen) atoms. The van der Waals surface area contributed by atoms with Gasteiger partial charge in [-0.25, -0.2) is 4.79 Å². The van der Waals surface area contributed by atoms with Gasteiger partial charge in [0, 0.05) is 26.8 Å². The van der Waals surface area contributed by atoms with Gasteiger partial charge in [0.15, 0.2) is 0 Å². The number of thiophene rings is 1. The average Bonchev–Trinajstić information content (AvgIpc) is 3.73. The lowest BCUT2D eigenvalue weighted by Gasteiger charge is -2.26. The van der Waals surface area contributed by atoms with Gasteiger partial charge in [0.05, 0.1) is 0 Å². The molecule has 0 saturated heterocycles. The molecule has 0 amide bonds. The molecule has 0 saturated carbocycles. The second-order valence-electron chi connectivity index (χ2n) is 13.0.